The van der Waals surface area contributed by atoms with Crippen LogP contribution < -0.4 is 11.1 Å². The maximum Gasteiger partial charge on any atom is 0.219 e. The fourth-order valence-electron chi connectivity index (χ4n) is 1.71. The van der Waals surface area contributed by atoms with Crippen LogP contribution >= 0.6 is 0 Å². The van der Waals surface area contributed by atoms with Gasteiger partial charge in [0.2, 0.25) is 5.91 Å². The zero-order chi connectivity index (χ0) is 12.5. The van der Waals surface area contributed by atoms with Gasteiger partial charge in [-0.2, -0.15) is 5.10 Å². The molecule has 0 fully saturated rings. The molecule has 0 unspecified atom stereocenters. The van der Waals surface area contributed by atoms with Gasteiger partial charge in [0.25, 0.3) is 0 Å². The zero-order valence-electron chi connectivity index (χ0n) is 9.84. The molecule has 1 amide bonds. The van der Waals surface area contributed by atoms with Gasteiger partial charge in [-0.1, -0.05) is 0 Å². The molecule has 0 radical (unpaired) electrons. The molecule has 6 nitrogen and oxygen atoms in total. The molecular weight excluding hydrogens is 218 g/mol. The van der Waals surface area contributed by atoms with Crippen molar-refractivity contribution in [3.63, 3.8) is 0 Å². The summed E-state index contributed by atoms with van der Waals surface area (Å²) in [4.78, 5) is 15.3. The van der Waals surface area contributed by atoms with Gasteiger partial charge in [0.15, 0.2) is 5.65 Å². The van der Waals surface area contributed by atoms with Crippen LogP contribution in [0.4, 0.5) is 5.82 Å². The van der Waals surface area contributed by atoms with E-state index >= 15 is 0 Å². The van der Waals surface area contributed by atoms with E-state index < -0.39 is 5.54 Å². The fraction of sp³-hybridized carbons (Fsp3) is 0.364. The summed E-state index contributed by atoms with van der Waals surface area (Å²) in [6.07, 6.45) is 3.74. The van der Waals surface area contributed by atoms with Gasteiger partial charge in [-0.25, -0.2) is 9.50 Å². The number of carbonyl (C=O) groups is 1. The van der Waals surface area contributed by atoms with Crippen LogP contribution in [-0.4, -0.2) is 26.0 Å². The summed E-state index contributed by atoms with van der Waals surface area (Å²) >= 11 is 0. The molecule has 2 rings (SSSR count). The Labute approximate surface area is 98.8 Å². The van der Waals surface area contributed by atoms with Gasteiger partial charge in [0, 0.05) is 24.2 Å². The van der Waals surface area contributed by atoms with E-state index in [1.54, 1.807) is 10.7 Å². The summed E-state index contributed by atoms with van der Waals surface area (Å²) in [5.41, 5.74) is 5.53. The molecule has 0 spiro atoms. The molecule has 2 heterocycles. The molecule has 0 aliphatic rings. The molecular formula is C11H15N5O. The number of rotatable bonds is 4. The highest BCUT2D eigenvalue weighted by Crippen LogP contribution is 2.16. The third kappa shape index (κ3) is 2.72. The molecule has 0 atom stereocenters. The number of nitrogens with two attached hydrogens (primary N) is 1. The standard InChI is InChI=1S/C11H15N5O/c1-11(2,7-8(12)17)15-9-4-6-16-10(14-9)3-5-13-16/h3-6H,7H2,1-2H3,(H2,12,17)(H,14,15). The van der Waals surface area contributed by atoms with Crippen molar-refractivity contribution in [1.29, 1.82) is 0 Å². The van der Waals surface area contributed by atoms with Gasteiger partial charge in [-0.15, -0.1) is 0 Å². The molecule has 2 aromatic heterocycles. The molecule has 90 valence electrons. The summed E-state index contributed by atoms with van der Waals surface area (Å²) in [6.45, 7) is 3.81. The fourth-order valence-corrected chi connectivity index (χ4v) is 1.71. The van der Waals surface area contributed by atoms with Crippen LogP contribution in [0.15, 0.2) is 24.5 Å². The highest BCUT2D eigenvalue weighted by atomic mass is 16.1. The third-order valence-corrected chi connectivity index (χ3v) is 2.34. The van der Waals surface area contributed by atoms with E-state index in [0.717, 1.165) is 5.65 Å². The van der Waals surface area contributed by atoms with Crippen LogP contribution in [0.1, 0.15) is 20.3 Å². The molecule has 3 N–H and O–H groups in total. The monoisotopic (exact) mass is 233 g/mol. The van der Waals surface area contributed by atoms with E-state index in [0.29, 0.717) is 5.82 Å². The smallest absolute Gasteiger partial charge is 0.219 e. The van der Waals surface area contributed by atoms with Crippen LogP contribution in [0, 0.1) is 0 Å². The number of fused-ring (bicyclic) bond motifs is 1. The van der Waals surface area contributed by atoms with Gasteiger partial charge >= 0.3 is 0 Å². The second kappa shape index (κ2) is 4.04. The average molecular weight is 233 g/mol. The maximum absolute atomic E-state index is 10.9. The second-order valence-electron chi connectivity index (χ2n) is 4.60. The molecule has 2 aromatic rings. The first-order valence-electron chi connectivity index (χ1n) is 5.33. The van der Waals surface area contributed by atoms with Crippen molar-refractivity contribution < 1.29 is 4.79 Å². The minimum atomic E-state index is -0.419. The number of anilines is 1. The van der Waals surface area contributed by atoms with Crippen LogP contribution in [0.25, 0.3) is 5.65 Å². The number of primary amides is 1. The van der Waals surface area contributed by atoms with Gasteiger partial charge < -0.3 is 11.1 Å². The molecule has 0 saturated heterocycles. The Morgan fingerprint density at radius 1 is 1.53 bits per heavy atom. The Morgan fingerprint density at radius 3 is 3.00 bits per heavy atom. The van der Waals surface area contributed by atoms with Crippen molar-refractivity contribution in [2.24, 2.45) is 5.73 Å². The van der Waals surface area contributed by atoms with E-state index in [1.807, 2.05) is 32.2 Å². The van der Waals surface area contributed by atoms with Crippen LogP contribution in [0.3, 0.4) is 0 Å². The first kappa shape index (κ1) is 11.4. The van der Waals surface area contributed by atoms with E-state index in [-0.39, 0.29) is 12.3 Å². The molecule has 0 aliphatic carbocycles. The Bertz CT molecular complexity index is 546. The van der Waals surface area contributed by atoms with E-state index in [4.69, 9.17) is 5.73 Å². The largest absolute Gasteiger partial charge is 0.370 e. The number of nitrogens with one attached hydrogen (secondary N) is 1. The van der Waals surface area contributed by atoms with Crippen LogP contribution in [-0.2, 0) is 4.79 Å². The summed E-state index contributed by atoms with van der Waals surface area (Å²) in [6, 6.07) is 3.62. The van der Waals surface area contributed by atoms with E-state index in [9.17, 15) is 4.79 Å². The van der Waals surface area contributed by atoms with Gasteiger partial charge in [0.1, 0.15) is 5.82 Å². The summed E-state index contributed by atoms with van der Waals surface area (Å²) in [5, 5.41) is 7.24. The average Bonchev–Trinajstić information content (AvgIpc) is 2.61. The number of nitrogens with zero attached hydrogens (tertiary/aromatic N) is 3. The van der Waals surface area contributed by atoms with Crippen molar-refractivity contribution in [3.05, 3.63) is 24.5 Å². The first-order chi connectivity index (χ1) is 7.96. The topological polar surface area (TPSA) is 85.3 Å². The van der Waals surface area contributed by atoms with Crippen molar-refractivity contribution in [2.45, 2.75) is 25.8 Å². The van der Waals surface area contributed by atoms with Crippen molar-refractivity contribution in [1.82, 2.24) is 14.6 Å². The predicted octanol–water partition coefficient (Wildman–Crippen LogP) is 0.795. The van der Waals surface area contributed by atoms with Gasteiger partial charge in [-0.05, 0) is 19.9 Å². The third-order valence-electron chi connectivity index (χ3n) is 2.34. The van der Waals surface area contributed by atoms with Gasteiger partial charge in [0.05, 0.1) is 6.20 Å². The molecule has 0 aliphatic heterocycles. The minimum absolute atomic E-state index is 0.249. The highest BCUT2D eigenvalue weighted by molar-refractivity contribution is 5.75. The number of amides is 1. The lowest BCUT2D eigenvalue weighted by Crippen LogP contribution is -2.36. The number of aromatic nitrogens is 3. The lowest BCUT2D eigenvalue weighted by atomic mass is 10.0. The molecule has 6 heteroatoms. The number of hydrogen-bond donors (Lipinski definition) is 2. The first-order valence-corrected chi connectivity index (χ1v) is 5.33. The number of carbonyl (C=O) groups excluding carboxylic acids is 1. The SMILES string of the molecule is CC(C)(CC(N)=O)Nc1ccn2nccc2n1. The minimum Gasteiger partial charge on any atom is -0.370 e. The van der Waals surface area contributed by atoms with Gasteiger partial charge in [-0.3, -0.25) is 4.79 Å². The van der Waals surface area contributed by atoms with Crippen LogP contribution in [0.2, 0.25) is 0 Å². The lowest BCUT2D eigenvalue weighted by Gasteiger charge is -2.25. The highest BCUT2D eigenvalue weighted by Gasteiger charge is 2.20. The Kier molecular flexibility index (Phi) is 2.71. The van der Waals surface area contributed by atoms with Crippen molar-refractivity contribution in [2.75, 3.05) is 5.32 Å². The Balaban J connectivity index is 2.19. The Morgan fingerprint density at radius 2 is 2.29 bits per heavy atom. The molecule has 17 heavy (non-hydrogen) atoms. The molecule has 0 aromatic carbocycles. The zero-order valence-corrected chi connectivity index (χ0v) is 9.84. The Hall–Kier alpha value is -2.11. The summed E-state index contributed by atoms with van der Waals surface area (Å²) < 4.78 is 1.67. The lowest BCUT2D eigenvalue weighted by molar-refractivity contribution is -0.118. The summed E-state index contributed by atoms with van der Waals surface area (Å²) in [5.74, 6) is 0.359. The summed E-state index contributed by atoms with van der Waals surface area (Å²) in [7, 11) is 0. The van der Waals surface area contributed by atoms with Crippen molar-refractivity contribution >= 4 is 17.4 Å². The predicted molar refractivity (Wildman–Crippen MR) is 64.5 cm³/mol. The van der Waals surface area contributed by atoms with E-state index in [2.05, 4.69) is 15.4 Å². The van der Waals surface area contributed by atoms with Crippen LogP contribution in [0.5, 0.6) is 0 Å². The molecule has 0 saturated carbocycles. The second-order valence-corrected chi connectivity index (χ2v) is 4.60. The normalized spacial score (nSPS) is 11.6. The molecule has 0 bridgehead atoms. The van der Waals surface area contributed by atoms with E-state index in [1.165, 1.54) is 0 Å². The quantitative estimate of drug-likeness (QED) is 0.817. The number of hydrogen-bond acceptors (Lipinski definition) is 4. The van der Waals surface area contributed by atoms with Crippen molar-refractivity contribution in [3.8, 4) is 0 Å². The maximum atomic E-state index is 10.9.